The summed E-state index contributed by atoms with van der Waals surface area (Å²) < 4.78 is 39.9. The SMILES string of the molecule is CCCc1cc(C(=O)NCCOCC(F)(F)F)cc(N)n1. The third kappa shape index (κ3) is 6.94. The van der Waals surface area contributed by atoms with Gasteiger partial charge in [0, 0.05) is 17.8 Å². The molecule has 21 heavy (non-hydrogen) atoms. The topological polar surface area (TPSA) is 77.2 Å². The highest BCUT2D eigenvalue weighted by atomic mass is 19.4. The number of halogens is 3. The van der Waals surface area contributed by atoms with Crippen LogP contribution in [-0.4, -0.2) is 36.8 Å². The van der Waals surface area contributed by atoms with Crippen LogP contribution >= 0.6 is 0 Å². The molecule has 0 aromatic carbocycles. The maximum Gasteiger partial charge on any atom is 0.411 e. The van der Waals surface area contributed by atoms with Gasteiger partial charge in [-0.05, 0) is 18.6 Å². The van der Waals surface area contributed by atoms with Crippen molar-refractivity contribution in [2.24, 2.45) is 0 Å². The van der Waals surface area contributed by atoms with Crippen LogP contribution in [0.2, 0.25) is 0 Å². The van der Waals surface area contributed by atoms with E-state index in [1.54, 1.807) is 6.07 Å². The molecule has 1 heterocycles. The number of rotatable bonds is 7. The van der Waals surface area contributed by atoms with E-state index in [0.29, 0.717) is 17.7 Å². The Morgan fingerprint density at radius 2 is 2.14 bits per heavy atom. The van der Waals surface area contributed by atoms with Crippen LogP contribution < -0.4 is 11.1 Å². The van der Waals surface area contributed by atoms with Gasteiger partial charge in [-0.15, -0.1) is 0 Å². The van der Waals surface area contributed by atoms with Crippen molar-refractivity contribution in [1.82, 2.24) is 10.3 Å². The zero-order valence-corrected chi connectivity index (χ0v) is 11.7. The van der Waals surface area contributed by atoms with Gasteiger partial charge in [0.1, 0.15) is 12.4 Å². The number of pyridine rings is 1. The van der Waals surface area contributed by atoms with Crippen molar-refractivity contribution in [2.45, 2.75) is 25.9 Å². The number of carbonyl (C=O) groups is 1. The molecule has 0 aliphatic rings. The van der Waals surface area contributed by atoms with Gasteiger partial charge in [0.05, 0.1) is 6.61 Å². The molecule has 0 bridgehead atoms. The van der Waals surface area contributed by atoms with Gasteiger partial charge in [0.25, 0.3) is 5.91 Å². The van der Waals surface area contributed by atoms with Crippen LogP contribution in [0.5, 0.6) is 0 Å². The fourth-order valence-corrected chi connectivity index (χ4v) is 1.65. The van der Waals surface area contributed by atoms with Crippen LogP contribution in [0.1, 0.15) is 29.4 Å². The van der Waals surface area contributed by atoms with Gasteiger partial charge in [0.15, 0.2) is 0 Å². The summed E-state index contributed by atoms with van der Waals surface area (Å²) in [7, 11) is 0. The molecule has 3 N–H and O–H groups in total. The molecule has 1 aromatic rings. The minimum atomic E-state index is -4.36. The first kappa shape index (κ1) is 17.2. The lowest BCUT2D eigenvalue weighted by Crippen LogP contribution is -2.29. The van der Waals surface area contributed by atoms with Crippen molar-refractivity contribution in [3.05, 3.63) is 23.4 Å². The van der Waals surface area contributed by atoms with Crippen LogP contribution in [0.15, 0.2) is 12.1 Å². The Kier molecular flexibility index (Phi) is 6.41. The van der Waals surface area contributed by atoms with Crippen molar-refractivity contribution in [1.29, 1.82) is 0 Å². The molecule has 5 nitrogen and oxygen atoms in total. The van der Waals surface area contributed by atoms with Gasteiger partial charge in [-0.2, -0.15) is 13.2 Å². The molecule has 1 aromatic heterocycles. The molecule has 118 valence electrons. The average molecular weight is 305 g/mol. The lowest BCUT2D eigenvalue weighted by molar-refractivity contribution is -0.173. The molecule has 1 rings (SSSR count). The van der Waals surface area contributed by atoms with E-state index in [4.69, 9.17) is 5.73 Å². The Hall–Kier alpha value is -1.83. The molecular formula is C13H18F3N3O2. The Labute approximate surface area is 120 Å². The Morgan fingerprint density at radius 1 is 1.43 bits per heavy atom. The van der Waals surface area contributed by atoms with Gasteiger partial charge < -0.3 is 15.8 Å². The standard InChI is InChI=1S/C13H18F3N3O2/c1-2-3-10-6-9(7-11(17)19-10)12(20)18-4-5-21-8-13(14,15)16/h6-7H,2-5,8H2,1H3,(H2,17,19)(H,18,20). The fourth-order valence-electron chi connectivity index (χ4n) is 1.65. The number of nitrogen functional groups attached to an aromatic ring is 1. The molecule has 8 heteroatoms. The number of carbonyl (C=O) groups excluding carboxylic acids is 1. The van der Waals surface area contributed by atoms with E-state index in [-0.39, 0.29) is 19.0 Å². The second kappa shape index (κ2) is 7.82. The predicted octanol–water partition coefficient (Wildman–Crippen LogP) is 1.92. The van der Waals surface area contributed by atoms with E-state index in [2.05, 4.69) is 15.0 Å². The summed E-state index contributed by atoms with van der Waals surface area (Å²) in [5, 5.41) is 2.47. The van der Waals surface area contributed by atoms with Crippen molar-refractivity contribution >= 4 is 11.7 Å². The summed E-state index contributed by atoms with van der Waals surface area (Å²) >= 11 is 0. The lowest BCUT2D eigenvalue weighted by Gasteiger charge is -2.09. The summed E-state index contributed by atoms with van der Waals surface area (Å²) in [6, 6.07) is 3.04. The lowest BCUT2D eigenvalue weighted by atomic mass is 10.1. The van der Waals surface area contributed by atoms with Gasteiger partial charge >= 0.3 is 6.18 Å². The average Bonchev–Trinajstić information content (AvgIpc) is 2.36. The number of aryl methyl sites for hydroxylation is 1. The zero-order valence-electron chi connectivity index (χ0n) is 11.7. The maximum absolute atomic E-state index is 11.8. The van der Waals surface area contributed by atoms with E-state index >= 15 is 0 Å². The number of hydrogen-bond acceptors (Lipinski definition) is 4. The van der Waals surface area contributed by atoms with Gasteiger partial charge in [-0.3, -0.25) is 4.79 Å². The van der Waals surface area contributed by atoms with E-state index < -0.39 is 18.7 Å². The number of hydrogen-bond donors (Lipinski definition) is 2. The van der Waals surface area contributed by atoms with E-state index in [1.807, 2.05) is 6.92 Å². The largest absolute Gasteiger partial charge is 0.411 e. The van der Waals surface area contributed by atoms with Crippen LogP contribution in [0.3, 0.4) is 0 Å². The number of amides is 1. The molecule has 0 atom stereocenters. The molecule has 0 radical (unpaired) electrons. The highest BCUT2D eigenvalue weighted by Gasteiger charge is 2.27. The molecule has 0 saturated carbocycles. The molecule has 0 aliphatic carbocycles. The first-order valence-corrected chi connectivity index (χ1v) is 6.51. The second-order valence-electron chi connectivity index (χ2n) is 4.45. The zero-order chi connectivity index (χ0) is 15.9. The minimum absolute atomic E-state index is 0.0136. The number of anilines is 1. The summed E-state index contributed by atoms with van der Waals surface area (Å²) in [4.78, 5) is 15.9. The normalized spacial score (nSPS) is 11.4. The van der Waals surface area contributed by atoms with Crippen LogP contribution in [-0.2, 0) is 11.2 Å². The number of alkyl halides is 3. The summed E-state index contributed by atoms with van der Waals surface area (Å²) in [6.45, 7) is 0.419. The Morgan fingerprint density at radius 3 is 2.76 bits per heavy atom. The summed E-state index contributed by atoms with van der Waals surface area (Å²) in [6.07, 6.45) is -2.80. The highest BCUT2D eigenvalue weighted by molar-refractivity contribution is 5.94. The van der Waals surface area contributed by atoms with E-state index in [1.165, 1.54) is 6.07 Å². The van der Waals surface area contributed by atoms with Crippen LogP contribution in [0.4, 0.5) is 19.0 Å². The van der Waals surface area contributed by atoms with E-state index in [9.17, 15) is 18.0 Å². The van der Waals surface area contributed by atoms with Gasteiger partial charge in [-0.25, -0.2) is 4.98 Å². The molecule has 1 amide bonds. The molecule has 0 spiro atoms. The monoisotopic (exact) mass is 305 g/mol. The number of ether oxygens (including phenoxy) is 1. The van der Waals surface area contributed by atoms with Gasteiger partial charge in [-0.1, -0.05) is 13.3 Å². The molecule has 0 unspecified atom stereocenters. The quantitative estimate of drug-likeness (QED) is 0.755. The third-order valence-corrected chi connectivity index (χ3v) is 2.46. The third-order valence-electron chi connectivity index (χ3n) is 2.46. The summed E-state index contributed by atoms with van der Waals surface area (Å²) in [5.41, 5.74) is 6.65. The molecule has 0 aliphatic heterocycles. The van der Waals surface area contributed by atoms with Crippen molar-refractivity contribution in [2.75, 3.05) is 25.5 Å². The molecular weight excluding hydrogens is 287 g/mol. The van der Waals surface area contributed by atoms with Gasteiger partial charge in [0.2, 0.25) is 0 Å². The van der Waals surface area contributed by atoms with Crippen LogP contribution in [0, 0.1) is 0 Å². The van der Waals surface area contributed by atoms with Crippen molar-refractivity contribution < 1.29 is 22.7 Å². The Bertz CT molecular complexity index is 478. The molecule has 0 fully saturated rings. The van der Waals surface area contributed by atoms with E-state index in [0.717, 1.165) is 6.42 Å². The number of nitrogens with two attached hydrogens (primary N) is 1. The first-order valence-electron chi connectivity index (χ1n) is 6.51. The highest BCUT2D eigenvalue weighted by Crippen LogP contribution is 2.14. The smallest absolute Gasteiger partial charge is 0.384 e. The van der Waals surface area contributed by atoms with Crippen molar-refractivity contribution in [3.63, 3.8) is 0 Å². The predicted molar refractivity (Wildman–Crippen MR) is 71.9 cm³/mol. The number of nitrogens with one attached hydrogen (secondary N) is 1. The first-order chi connectivity index (χ1) is 9.81. The second-order valence-corrected chi connectivity index (χ2v) is 4.45. The molecule has 0 saturated heterocycles. The van der Waals surface area contributed by atoms with Crippen LogP contribution in [0.25, 0.3) is 0 Å². The fraction of sp³-hybridized carbons (Fsp3) is 0.538. The number of aromatic nitrogens is 1. The van der Waals surface area contributed by atoms with Crippen molar-refractivity contribution in [3.8, 4) is 0 Å². The Balaban J connectivity index is 2.45. The number of nitrogens with zero attached hydrogens (tertiary/aromatic N) is 1. The summed E-state index contributed by atoms with van der Waals surface area (Å²) in [5.74, 6) is -0.184. The minimum Gasteiger partial charge on any atom is -0.384 e. The maximum atomic E-state index is 11.8.